The maximum Gasteiger partial charge on any atom is 0.277 e. The van der Waals surface area contributed by atoms with Gasteiger partial charge in [0.15, 0.2) is 6.17 Å². The maximum absolute atomic E-state index is 13.9. The van der Waals surface area contributed by atoms with Crippen LogP contribution in [0.2, 0.25) is 0 Å². The van der Waals surface area contributed by atoms with Gasteiger partial charge in [-0.05, 0) is 13.0 Å². The first-order chi connectivity index (χ1) is 8.28. The Bertz CT molecular complexity index is 491. The van der Waals surface area contributed by atoms with Crippen LogP contribution in [0.15, 0.2) is 24.3 Å². The molecule has 1 aromatic carbocycles. The van der Waals surface area contributed by atoms with Crippen LogP contribution in [-0.2, 0) is 10.3 Å². The molecule has 1 aliphatic rings. The molecule has 1 aromatic rings. The van der Waals surface area contributed by atoms with Crippen LogP contribution in [0.25, 0.3) is 0 Å². The van der Waals surface area contributed by atoms with E-state index in [9.17, 15) is 22.4 Å². The molecule has 98 valence electrons. The minimum atomic E-state index is -3.57. The van der Waals surface area contributed by atoms with Gasteiger partial charge in [0.2, 0.25) is 0 Å². The zero-order valence-corrected chi connectivity index (χ0v) is 9.51. The topological polar surface area (TPSA) is 29.1 Å². The van der Waals surface area contributed by atoms with E-state index in [0.29, 0.717) is 0 Å². The fraction of sp³-hybridized carbons (Fsp3) is 0.417. The first kappa shape index (κ1) is 12.9. The van der Waals surface area contributed by atoms with Crippen molar-refractivity contribution in [2.24, 2.45) is 0 Å². The highest BCUT2D eigenvalue weighted by atomic mass is 19.3. The summed E-state index contributed by atoms with van der Waals surface area (Å²) in [5.41, 5.74) is -2.59. The number of amides is 1. The number of alkyl halides is 3. The summed E-state index contributed by atoms with van der Waals surface area (Å²) in [4.78, 5) is 11.2. The van der Waals surface area contributed by atoms with Crippen molar-refractivity contribution in [1.29, 1.82) is 0 Å². The fourth-order valence-electron chi connectivity index (χ4n) is 2.07. The molecule has 6 heteroatoms. The van der Waals surface area contributed by atoms with Crippen molar-refractivity contribution in [2.75, 3.05) is 0 Å². The largest absolute Gasteiger partial charge is 0.338 e. The van der Waals surface area contributed by atoms with Gasteiger partial charge in [-0.1, -0.05) is 18.2 Å². The molecule has 1 N–H and O–H groups in total. The first-order valence-electron chi connectivity index (χ1n) is 5.37. The molecular weight excluding hydrogens is 250 g/mol. The molecule has 2 nitrogen and oxygen atoms in total. The van der Waals surface area contributed by atoms with E-state index in [1.807, 2.05) is 5.32 Å². The van der Waals surface area contributed by atoms with E-state index >= 15 is 0 Å². The summed E-state index contributed by atoms with van der Waals surface area (Å²) in [6.45, 7) is 0.995. The number of rotatable bonds is 1. The van der Waals surface area contributed by atoms with E-state index in [2.05, 4.69) is 0 Å². The van der Waals surface area contributed by atoms with Gasteiger partial charge in [-0.15, -0.1) is 0 Å². The van der Waals surface area contributed by atoms with E-state index in [0.717, 1.165) is 19.1 Å². The monoisotopic (exact) mass is 261 g/mol. The molecule has 1 unspecified atom stereocenters. The smallest absolute Gasteiger partial charge is 0.277 e. The third-order valence-electron chi connectivity index (χ3n) is 3.24. The van der Waals surface area contributed by atoms with Gasteiger partial charge >= 0.3 is 0 Å². The van der Waals surface area contributed by atoms with Gasteiger partial charge in [-0.2, -0.15) is 0 Å². The van der Waals surface area contributed by atoms with Gasteiger partial charge in [0, 0.05) is 5.56 Å². The number of hydrogen-bond acceptors (Lipinski definition) is 1. The van der Waals surface area contributed by atoms with Crippen LogP contribution in [0.4, 0.5) is 17.6 Å². The molecule has 0 radical (unpaired) electrons. The lowest BCUT2D eigenvalue weighted by Crippen LogP contribution is -2.63. The molecule has 1 fully saturated rings. The number of carbonyl (C=O) groups is 1. The summed E-state index contributed by atoms with van der Waals surface area (Å²) >= 11 is 0. The molecule has 0 aromatic heterocycles. The Kier molecular flexibility index (Phi) is 2.83. The normalized spacial score (nSPS) is 30.9. The SMILES string of the molecule is C[C@]1(c2ccccc2F)NC(=O)C(F)CC1(F)F. The van der Waals surface area contributed by atoms with Gasteiger partial charge in [0.05, 0.1) is 6.42 Å². The molecule has 2 rings (SSSR count). The predicted octanol–water partition coefficient (Wildman–Crippen LogP) is 2.53. The van der Waals surface area contributed by atoms with Crippen LogP contribution in [0, 0.1) is 5.82 Å². The first-order valence-corrected chi connectivity index (χ1v) is 5.37. The second kappa shape index (κ2) is 3.96. The zero-order chi connectivity index (χ0) is 13.6. The minimum absolute atomic E-state index is 0.352. The molecule has 1 amide bonds. The number of nitrogens with one attached hydrogen (secondary N) is 1. The maximum atomic E-state index is 13.9. The summed E-state index contributed by atoms with van der Waals surface area (Å²) in [6, 6.07) is 4.91. The Labute approximate surface area is 101 Å². The second-order valence-electron chi connectivity index (χ2n) is 4.47. The van der Waals surface area contributed by atoms with Crippen LogP contribution < -0.4 is 5.32 Å². The molecule has 0 spiro atoms. The van der Waals surface area contributed by atoms with Crippen molar-refractivity contribution in [3.8, 4) is 0 Å². The fourth-order valence-corrected chi connectivity index (χ4v) is 2.07. The molecule has 0 aliphatic carbocycles. The quantitative estimate of drug-likeness (QED) is 0.773. The predicted molar refractivity (Wildman–Crippen MR) is 56.4 cm³/mol. The highest BCUT2D eigenvalue weighted by Crippen LogP contribution is 2.44. The standard InChI is InChI=1S/C12H11F4NO/c1-11(7-4-2-3-5-8(7)13)12(15,16)6-9(14)10(18)17-11/h2-5,9H,6H2,1H3,(H,17,18)/t9?,11-/m1/s1. The van der Waals surface area contributed by atoms with Crippen molar-refractivity contribution in [1.82, 2.24) is 5.32 Å². The van der Waals surface area contributed by atoms with Crippen LogP contribution in [0.3, 0.4) is 0 Å². The van der Waals surface area contributed by atoms with Crippen LogP contribution in [0.1, 0.15) is 18.9 Å². The number of piperidine rings is 1. The van der Waals surface area contributed by atoms with Gasteiger partial charge in [-0.3, -0.25) is 4.79 Å². The van der Waals surface area contributed by atoms with Crippen molar-refractivity contribution in [2.45, 2.75) is 31.0 Å². The van der Waals surface area contributed by atoms with Crippen LogP contribution in [0.5, 0.6) is 0 Å². The van der Waals surface area contributed by atoms with Gasteiger partial charge in [0.1, 0.15) is 11.4 Å². The Hall–Kier alpha value is -1.59. The number of halogens is 4. The molecular formula is C12H11F4NO. The lowest BCUT2D eigenvalue weighted by molar-refractivity contribution is -0.161. The number of carbonyl (C=O) groups excluding carboxylic acids is 1. The highest BCUT2D eigenvalue weighted by molar-refractivity contribution is 5.83. The summed E-state index contributed by atoms with van der Waals surface area (Å²) in [6.07, 6.45) is -3.52. The van der Waals surface area contributed by atoms with Crippen molar-refractivity contribution in [3.63, 3.8) is 0 Å². The Morgan fingerprint density at radius 1 is 1.33 bits per heavy atom. The van der Waals surface area contributed by atoms with Crippen molar-refractivity contribution in [3.05, 3.63) is 35.6 Å². The Morgan fingerprint density at radius 3 is 2.56 bits per heavy atom. The molecule has 1 heterocycles. The second-order valence-corrected chi connectivity index (χ2v) is 4.47. The summed E-state index contributed by atoms with van der Waals surface area (Å²) in [5.74, 6) is -5.58. The van der Waals surface area contributed by atoms with Crippen molar-refractivity contribution >= 4 is 5.91 Å². The minimum Gasteiger partial charge on any atom is -0.338 e. The third kappa shape index (κ3) is 1.76. The number of benzene rings is 1. The Balaban J connectivity index is 2.52. The van der Waals surface area contributed by atoms with E-state index < -0.39 is 35.8 Å². The molecule has 1 aliphatic heterocycles. The molecule has 1 saturated heterocycles. The highest BCUT2D eigenvalue weighted by Gasteiger charge is 2.59. The number of hydrogen-bond donors (Lipinski definition) is 1. The summed E-state index contributed by atoms with van der Waals surface area (Å²) in [7, 11) is 0. The van der Waals surface area contributed by atoms with E-state index in [1.54, 1.807) is 0 Å². The molecule has 0 bridgehead atoms. The zero-order valence-electron chi connectivity index (χ0n) is 9.51. The summed E-state index contributed by atoms with van der Waals surface area (Å²) in [5, 5.41) is 1.89. The van der Waals surface area contributed by atoms with E-state index in [-0.39, 0.29) is 5.56 Å². The molecule has 0 saturated carbocycles. The van der Waals surface area contributed by atoms with Crippen molar-refractivity contribution < 1.29 is 22.4 Å². The van der Waals surface area contributed by atoms with Crippen LogP contribution in [-0.4, -0.2) is 18.0 Å². The van der Waals surface area contributed by atoms with Gasteiger partial charge in [-0.25, -0.2) is 17.6 Å². The van der Waals surface area contributed by atoms with Gasteiger partial charge in [0.25, 0.3) is 11.8 Å². The molecule has 2 atom stereocenters. The Morgan fingerprint density at radius 2 is 1.94 bits per heavy atom. The lowest BCUT2D eigenvalue weighted by Gasteiger charge is -2.42. The molecule has 18 heavy (non-hydrogen) atoms. The van der Waals surface area contributed by atoms with E-state index in [1.165, 1.54) is 12.1 Å². The van der Waals surface area contributed by atoms with Crippen LogP contribution >= 0.6 is 0 Å². The average molecular weight is 261 g/mol. The third-order valence-corrected chi connectivity index (χ3v) is 3.24. The summed E-state index contributed by atoms with van der Waals surface area (Å²) < 4.78 is 54.5. The van der Waals surface area contributed by atoms with E-state index in [4.69, 9.17) is 0 Å². The lowest BCUT2D eigenvalue weighted by atomic mass is 9.79. The van der Waals surface area contributed by atoms with Gasteiger partial charge < -0.3 is 5.32 Å². The average Bonchev–Trinajstić information content (AvgIpc) is 2.26.